The quantitative estimate of drug-likeness (QED) is 0.668. The predicted octanol–water partition coefficient (Wildman–Crippen LogP) is 3.16. The highest BCUT2D eigenvalue weighted by atomic mass is 32.2. The molecular weight excluding hydrogens is 424 g/mol. The van der Waals surface area contributed by atoms with Crippen LogP contribution in [0.15, 0.2) is 53.4 Å². The van der Waals surface area contributed by atoms with Crippen molar-refractivity contribution >= 4 is 15.7 Å². The Bertz CT molecular complexity index is 1030. The fourth-order valence-corrected chi connectivity index (χ4v) is 6.20. The fraction of sp³-hybridized carbons (Fsp3) is 0.480. The summed E-state index contributed by atoms with van der Waals surface area (Å²) in [6.45, 7) is 3.30. The molecule has 1 saturated heterocycles. The maximum Gasteiger partial charge on any atom is 0.224 e. The van der Waals surface area contributed by atoms with Crippen molar-refractivity contribution in [3.05, 3.63) is 59.7 Å². The van der Waals surface area contributed by atoms with Crippen LogP contribution in [0.5, 0.6) is 5.75 Å². The van der Waals surface area contributed by atoms with Gasteiger partial charge in [-0.25, -0.2) is 8.42 Å². The molecule has 32 heavy (non-hydrogen) atoms. The van der Waals surface area contributed by atoms with Gasteiger partial charge in [0.1, 0.15) is 5.75 Å². The molecule has 0 spiro atoms. The fourth-order valence-electron chi connectivity index (χ4n) is 4.72. The first kappa shape index (κ1) is 22.8. The van der Waals surface area contributed by atoms with Crippen LogP contribution in [0.3, 0.4) is 0 Å². The van der Waals surface area contributed by atoms with E-state index in [-0.39, 0.29) is 18.2 Å². The minimum Gasteiger partial charge on any atom is -0.497 e. The number of piperidine rings is 1. The Hall–Kier alpha value is -2.38. The standard InChI is InChI=1S/C25H32N2O4S/c1-31-23-7-8-24-22(18-23)19-27(15-16-32(24,29)30)25(28)11-14-26-12-9-21(10-13-26)17-20-5-3-2-4-6-20/h2-8,18,21H,9-17,19H2,1H3. The topological polar surface area (TPSA) is 66.9 Å². The zero-order valence-corrected chi connectivity index (χ0v) is 19.5. The highest BCUT2D eigenvalue weighted by Crippen LogP contribution is 2.27. The van der Waals surface area contributed by atoms with Gasteiger partial charge in [-0.2, -0.15) is 0 Å². The number of sulfone groups is 1. The first-order valence-electron chi connectivity index (χ1n) is 11.4. The number of amides is 1. The van der Waals surface area contributed by atoms with Gasteiger partial charge in [0.15, 0.2) is 9.84 Å². The van der Waals surface area contributed by atoms with Crippen LogP contribution >= 0.6 is 0 Å². The van der Waals surface area contributed by atoms with Crippen molar-refractivity contribution in [2.45, 2.75) is 37.1 Å². The number of hydrogen-bond acceptors (Lipinski definition) is 5. The lowest BCUT2D eigenvalue weighted by atomic mass is 9.90. The molecule has 0 aliphatic carbocycles. The second kappa shape index (κ2) is 10.0. The average molecular weight is 457 g/mol. The number of methoxy groups -OCH3 is 1. The van der Waals surface area contributed by atoms with Gasteiger partial charge in [-0.05, 0) is 67.6 Å². The first-order chi connectivity index (χ1) is 15.4. The predicted molar refractivity (Wildman–Crippen MR) is 124 cm³/mol. The Balaban J connectivity index is 1.30. The number of hydrogen-bond donors (Lipinski definition) is 0. The number of carbonyl (C=O) groups excluding carboxylic acids is 1. The molecule has 2 aromatic carbocycles. The van der Waals surface area contributed by atoms with E-state index in [1.54, 1.807) is 30.2 Å². The Labute approximate surface area is 191 Å². The average Bonchev–Trinajstić information content (AvgIpc) is 2.94. The van der Waals surface area contributed by atoms with Crippen LogP contribution in [-0.2, 0) is 27.6 Å². The molecule has 0 atom stereocenters. The number of benzene rings is 2. The number of ether oxygens (including phenoxy) is 1. The van der Waals surface area contributed by atoms with E-state index in [0.717, 1.165) is 38.9 Å². The zero-order chi connectivity index (χ0) is 22.6. The van der Waals surface area contributed by atoms with Crippen LogP contribution in [-0.4, -0.2) is 63.2 Å². The summed E-state index contributed by atoms with van der Waals surface area (Å²) in [5, 5.41) is 0. The van der Waals surface area contributed by atoms with E-state index in [2.05, 4.69) is 35.2 Å². The summed E-state index contributed by atoms with van der Waals surface area (Å²) in [7, 11) is -1.84. The SMILES string of the molecule is COc1ccc2c(c1)CN(C(=O)CCN1CCC(Cc3ccccc3)CC1)CCS2(=O)=O. The van der Waals surface area contributed by atoms with Gasteiger partial charge in [0.25, 0.3) is 0 Å². The molecule has 0 saturated carbocycles. The van der Waals surface area contributed by atoms with Crippen LogP contribution in [0.2, 0.25) is 0 Å². The number of fused-ring (bicyclic) bond motifs is 1. The molecule has 6 nitrogen and oxygen atoms in total. The number of nitrogens with zero attached hydrogens (tertiary/aromatic N) is 2. The molecule has 2 heterocycles. The Morgan fingerprint density at radius 1 is 1.06 bits per heavy atom. The minimum atomic E-state index is -3.40. The van der Waals surface area contributed by atoms with E-state index in [1.165, 1.54) is 5.56 Å². The molecule has 0 unspecified atom stereocenters. The summed E-state index contributed by atoms with van der Waals surface area (Å²) < 4.78 is 30.5. The van der Waals surface area contributed by atoms with Crippen LogP contribution in [0, 0.1) is 5.92 Å². The highest BCUT2D eigenvalue weighted by Gasteiger charge is 2.28. The van der Waals surface area contributed by atoms with Crippen LogP contribution in [0.1, 0.15) is 30.4 Å². The van der Waals surface area contributed by atoms with E-state index >= 15 is 0 Å². The molecule has 0 aromatic heterocycles. The van der Waals surface area contributed by atoms with E-state index in [0.29, 0.717) is 35.1 Å². The van der Waals surface area contributed by atoms with Crippen LogP contribution < -0.4 is 4.74 Å². The molecule has 1 fully saturated rings. The third kappa shape index (κ3) is 5.51. The summed E-state index contributed by atoms with van der Waals surface area (Å²) in [4.78, 5) is 17.3. The summed E-state index contributed by atoms with van der Waals surface area (Å²) >= 11 is 0. The zero-order valence-electron chi connectivity index (χ0n) is 18.7. The molecule has 2 aliphatic rings. The number of carbonyl (C=O) groups is 1. The summed E-state index contributed by atoms with van der Waals surface area (Å²) in [5.41, 5.74) is 2.03. The first-order valence-corrected chi connectivity index (χ1v) is 13.0. The molecule has 0 radical (unpaired) electrons. The lowest BCUT2D eigenvalue weighted by Gasteiger charge is -2.32. The van der Waals surface area contributed by atoms with Crippen molar-refractivity contribution in [3.8, 4) is 5.75 Å². The van der Waals surface area contributed by atoms with Gasteiger partial charge in [-0.3, -0.25) is 4.79 Å². The van der Waals surface area contributed by atoms with Crippen molar-refractivity contribution in [2.75, 3.05) is 39.0 Å². The highest BCUT2D eigenvalue weighted by molar-refractivity contribution is 7.91. The molecule has 172 valence electrons. The van der Waals surface area contributed by atoms with Gasteiger partial charge in [0, 0.05) is 26.1 Å². The second-order valence-electron chi connectivity index (χ2n) is 8.83. The van der Waals surface area contributed by atoms with E-state index in [9.17, 15) is 13.2 Å². The van der Waals surface area contributed by atoms with Crippen LogP contribution in [0.4, 0.5) is 0 Å². The molecule has 2 aromatic rings. The normalized spacial score (nSPS) is 19.2. The number of rotatable bonds is 6. The van der Waals surface area contributed by atoms with Gasteiger partial charge in [-0.15, -0.1) is 0 Å². The summed E-state index contributed by atoms with van der Waals surface area (Å²) in [6.07, 6.45) is 3.85. The van der Waals surface area contributed by atoms with Gasteiger partial charge in [0.05, 0.1) is 17.8 Å². The van der Waals surface area contributed by atoms with Gasteiger partial charge >= 0.3 is 0 Å². The van der Waals surface area contributed by atoms with E-state index in [4.69, 9.17) is 4.74 Å². The number of likely N-dealkylation sites (tertiary alicyclic amines) is 1. The van der Waals surface area contributed by atoms with Crippen molar-refractivity contribution in [1.29, 1.82) is 0 Å². The van der Waals surface area contributed by atoms with Crippen molar-refractivity contribution in [3.63, 3.8) is 0 Å². The van der Waals surface area contributed by atoms with Gasteiger partial charge < -0.3 is 14.5 Å². The molecule has 2 aliphatic heterocycles. The lowest BCUT2D eigenvalue weighted by molar-refractivity contribution is -0.132. The molecular formula is C25H32N2O4S. The van der Waals surface area contributed by atoms with E-state index in [1.807, 2.05) is 0 Å². The maximum atomic E-state index is 12.9. The Morgan fingerprint density at radius 3 is 2.53 bits per heavy atom. The smallest absolute Gasteiger partial charge is 0.224 e. The minimum absolute atomic E-state index is 0.0160. The summed E-state index contributed by atoms with van der Waals surface area (Å²) in [5.74, 6) is 1.28. The van der Waals surface area contributed by atoms with Crippen molar-refractivity contribution in [2.24, 2.45) is 5.92 Å². The molecule has 1 amide bonds. The Kier molecular flexibility index (Phi) is 7.16. The van der Waals surface area contributed by atoms with Gasteiger partial charge in [-0.1, -0.05) is 30.3 Å². The second-order valence-corrected chi connectivity index (χ2v) is 10.9. The van der Waals surface area contributed by atoms with Crippen molar-refractivity contribution < 1.29 is 17.9 Å². The summed E-state index contributed by atoms with van der Waals surface area (Å²) in [6, 6.07) is 15.6. The van der Waals surface area contributed by atoms with Crippen LogP contribution in [0.25, 0.3) is 0 Å². The molecule has 0 N–H and O–H groups in total. The Morgan fingerprint density at radius 2 is 1.81 bits per heavy atom. The largest absolute Gasteiger partial charge is 0.497 e. The van der Waals surface area contributed by atoms with E-state index < -0.39 is 9.84 Å². The molecule has 0 bridgehead atoms. The molecule has 4 rings (SSSR count). The lowest BCUT2D eigenvalue weighted by Crippen LogP contribution is -2.39. The third-order valence-corrected chi connectivity index (χ3v) is 8.45. The molecule has 7 heteroatoms. The monoisotopic (exact) mass is 456 g/mol. The third-order valence-electron chi connectivity index (χ3n) is 6.66. The maximum absolute atomic E-state index is 12.9. The van der Waals surface area contributed by atoms with Crippen molar-refractivity contribution in [1.82, 2.24) is 9.80 Å². The van der Waals surface area contributed by atoms with Gasteiger partial charge in [0.2, 0.25) is 5.91 Å².